The molecule has 0 aliphatic heterocycles. The summed E-state index contributed by atoms with van der Waals surface area (Å²) in [4.78, 5) is 0. The van der Waals surface area contributed by atoms with E-state index in [4.69, 9.17) is 0 Å². The van der Waals surface area contributed by atoms with E-state index in [0.717, 1.165) is 151 Å². The van der Waals surface area contributed by atoms with Gasteiger partial charge in [0, 0.05) is 185 Å². The van der Waals surface area contributed by atoms with E-state index < -0.39 is 29.0 Å². The van der Waals surface area contributed by atoms with Crippen molar-refractivity contribution >= 4 is 29.0 Å². The molecule has 0 unspecified atom stereocenters. The summed E-state index contributed by atoms with van der Waals surface area (Å²) in [5.41, 5.74) is 0. The third kappa shape index (κ3) is 83.9. The van der Waals surface area contributed by atoms with Crippen LogP contribution in [0.2, 0.25) is 0 Å². The van der Waals surface area contributed by atoms with Crippen LogP contribution in [0.1, 0.15) is 362 Å². The third-order valence-corrected chi connectivity index (χ3v) is 41.7. The first-order valence-corrected chi connectivity index (χ1v) is 53.8. The molecule has 640 valence electrons. The molecule has 104 heavy (non-hydrogen) atoms. The van der Waals surface area contributed by atoms with Crippen LogP contribution in [0.3, 0.4) is 0 Å². The van der Waals surface area contributed by atoms with Crippen LogP contribution in [0, 0.1) is 0 Å². The van der Waals surface area contributed by atoms with Crippen molar-refractivity contribution in [3.8, 4) is 0 Å². The highest BCUT2D eigenvalue weighted by atomic mass is 31.2. The molecular formula is C84H184F4O12P4. The van der Waals surface area contributed by atoms with E-state index in [1.807, 2.05) is 0 Å². The molecule has 0 aromatic heterocycles. The summed E-state index contributed by atoms with van der Waals surface area (Å²) in [7, 11) is -4.40. The van der Waals surface area contributed by atoms with Gasteiger partial charge in [-0.25, -0.2) is 0 Å². The summed E-state index contributed by atoms with van der Waals surface area (Å²) in [6.07, 6.45) is 84.3. The quantitative estimate of drug-likeness (QED) is 0.0156. The van der Waals surface area contributed by atoms with Crippen molar-refractivity contribution in [1.29, 1.82) is 0 Å². The molecular weight excluding hydrogens is 1400 g/mol. The smallest absolute Gasteiger partial charge is 0.0616 e. The predicted octanol–water partition coefficient (Wildman–Crippen LogP) is 8.30. The van der Waals surface area contributed by atoms with E-state index in [-0.39, 0.29) is 98.1 Å². The minimum absolute atomic E-state index is 0. The monoisotopic (exact) mass is 1590 g/mol. The Hall–Kier alpha value is 0.960. The second-order valence-corrected chi connectivity index (χ2v) is 48.5. The molecule has 0 aliphatic carbocycles. The van der Waals surface area contributed by atoms with Crippen LogP contribution >= 0.6 is 29.0 Å². The van der Waals surface area contributed by atoms with Crippen LogP contribution in [0.4, 0.5) is 0 Å². The van der Waals surface area contributed by atoms with Crippen LogP contribution < -0.4 is 18.8 Å². The number of halogens is 4. The summed E-state index contributed by atoms with van der Waals surface area (Å²) < 4.78 is 0. The molecule has 0 saturated heterocycles. The van der Waals surface area contributed by atoms with Gasteiger partial charge >= 0.3 is 0 Å². The number of hydrogen-bond acceptors (Lipinski definition) is 12. The van der Waals surface area contributed by atoms with E-state index in [1.54, 1.807) is 0 Å². The zero-order valence-corrected chi connectivity index (χ0v) is 72.8. The van der Waals surface area contributed by atoms with Crippen LogP contribution in [0.25, 0.3) is 0 Å². The number of hydrogen-bond donors (Lipinski definition) is 12. The van der Waals surface area contributed by atoms with E-state index in [1.165, 1.54) is 281 Å². The zero-order valence-electron chi connectivity index (χ0n) is 69.2. The zero-order chi connectivity index (χ0) is 74.6. The maximum atomic E-state index is 9.25. The highest BCUT2D eigenvalue weighted by Crippen LogP contribution is 2.63. The molecule has 12 nitrogen and oxygen atoms in total. The van der Waals surface area contributed by atoms with Crippen molar-refractivity contribution in [2.75, 3.05) is 178 Å². The molecule has 0 bridgehead atoms. The van der Waals surface area contributed by atoms with Gasteiger partial charge in [-0.05, 0) is 51.4 Å². The minimum atomic E-state index is -1.10. The van der Waals surface area contributed by atoms with E-state index in [9.17, 15) is 61.3 Å². The van der Waals surface area contributed by atoms with Gasteiger partial charge in [-0.15, -0.1) is 0 Å². The molecule has 0 rings (SSSR count). The Morgan fingerprint density at radius 2 is 0.192 bits per heavy atom. The average Bonchev–Trinajstić information content (AvgIpc) is 0.904. The Kier molecular flexibility index (Phi) is 116. The van der Waals surface area contributed by atoms with Crippen molar-refractivity contribution in [2.24, 2.45) is 0 Å². The van der Waals surface area contributed by atoms with E-state index in [0.29, 0.717) is 0 Å². The Labute approximate surface area is 645 Å². The summed E-state index contributed by atoms with van der Waals surface area (Å²) >= 11 is 0. The standard InChI is InChI=1S/4C21H46O3P.4FH/c4*1-2-3-4-5-6-7-8-9-10-11-18-25(19-12-15-22,20-13-16-23)21-14-17-24;;;;/h4*22-24H,2-21H2,1H3;4*1H/q4*+1;;;;/p-4. The summed E-state index contributed by atoms with van der Waals surface area (Å²) in [5.74, 6) is 0. The molecule has 0 aromatic carbocycles. The van der Waals surface area contributed by atoms with E-state index >= 15 is 0 Å². The molecule has 0 radical (unpaired) electrons. The van der Waals surface area contributed by atoms with Gasteiger partial charge in [0.15, 0.2) is 0 Å². The first-order valence-electron chi connectivity index (χ1n) is 43.7. The van der Waals surface area contributed by atoms with Crippen molar-refractivity contribution in [3.63, 3.8) is 0 Å². The molecule has 0 aliphatic rings. The molecule has 0 amide bonds. The minimum Gasteiger partial charge on any atom is -1.00 e. The first kappa shape index (κ1) is 121. The number of unbranched alkanes of at least 4 members (excludes halogenated alkanes) is 36. The Morgan fingerprint density at radius 1 is 0.115 bits per heavy atom. The van der Waals surface area contributed by atoms with Crippen LogP contribution in [0.15, 0.2) is 0 Å². The van der Waals surface area contributed by atoms with Gasteiger partial charge in [0.2, 0.25) is 0 Å². The van der Waals surface area contributed by atoms with Gasteiger partial charge in [0.05, 0.1) is 98.6 Å². The predicted molar refractivity (Wildman–Crippen MR) is 453 cm³/mol. The maximum Gasteiger partial charge on any atom is 0.0616 e. The second-order valence-electron chi connectivity index (χ2n) is 30.6. The molecule has 12 N–H and O–H groups in total. The summed E-state index contributed by atoms with van der Waals surface area (Å²) in [6, 6.07) is 0. The molecule has 0 spiro atoms. The molecule has 0 atom stereocenters. The number of aliphatic hydroxyl groups is 12. The molecule has 0 heterocycles. The highest BCUT2D eigenvalue weighted by Gasteiger charge is 2.38. The van der Waals surface area contributed by atoms with Gasteiger partial charge in [-0.3, -0.25) is 0 Å². The lowest BCUT2D eigenvalue weighted by atomic mass is 10.1. The normalized spacial score (nSPS) is 11.5. The fourth-order valence-electron chi connectivity index (χ4n) is 15.3. The molecule has 0 saturated carbocycles. The van der Waals surface area contributed by atoms with E-state index in [2.05, 4.69) is 27.7 Å². The van der Waals surface area contributed by atoms with Gasteiger partial charge < -0.3 is 80.1 Å². The molecule has 0 aromatic rings. The van der Waals surface area contributed by atoms with Gasteiger partial charge in [0.25, 0.3) is 0 Å². The summed E-state index contributed by atoms with van der Waals surface area (Å²) in [5, 5.41) is 111. The van der Waals surface area contributed by atoms with Crippen molar-refractivity contribution in [1.82, 2.24) is 0 Å². The second kappa shape index (κ2) is 100. The van der Waals surface area contributed by atoms with Gasteiger partial charge in [-0.1, -0.05) is 233 Å². The van der Waals surface area contributed by atoms with Crippen LogP contribution in [0.5, 0.6) is 0 Å². The third-order valence-electron chi connectivity index (χ3n) is 21.4. The average molecular weight is 1590 g/mol. The van der Waals surface area contributed by atoms with Gasteiger partial charge in [-0.2, -0.15) is 0 Å². The molecule has 20 heteroatoms. The lowest BCUT2D eigenvalue weighted by Crippen LogP contribution is -3.00. The first-order chi connectivity index (χ1) is 49.0. The van der Waals surface area contributed by atoms with Crippen molar-refractivity contribution in [2.45, 2.75) is 362 Å². The van der Waals surface area contributed by atoms with Crippen molar-refractivity contribution < 1.29 is 80.1 Å². The Bertz CT molecular complexity index is 1190. The lowest BCUT2D eigenvalue weighted by molar-refractivity contribution is -0.00100. The SMILES string of the molecule is CCCCCCCCCCCC[P+](CCCO)(CCCO)CCCO.CCCCCCCCCCCC[P+](CCCO)(CCCO)CCCO.CCCCCCCCCCCC[P+](CCCO)(CCCO)CCCO.CCCCCCCCCCCC[P+](CCCO)(CCCO)CCCO.[F-].[F-].[F-].[F-]. The van der Waals surface area contributed by atoms with Crippen molar-refractivity contribution in [3.05, 3.63) is 0 Å². The summed E-state index contributed by atoms with van der Waals surface area (Å²) in [6.45, 7) is 12.4. The van der Waals surface area contributed by atoms with Crippen LogP contribution in [-0.2, 0) is 0 Å². The molecule has 0 fully saturated rings. The Balaban J connectivity index is -0.000000194. The fourth-order valence-corrected chi connectivity index (χ4v) is 34.0. The lowest BCUT2D eigenvalue weighted by Gasteiger charge is -2.27. The van der Waals surface area contributed by atoms with Crippen LogP contribution in [-0.4, -0.2) is 239 Å². The number of aliphatic hydroxyl groups excluding tert-OH is 12. The van der Waals surface area contributed by atoms with Gasteiger partial charge in [0.1, 0.15) is 0 Å². The Morgan fingerprint density at radius 3 is 0.279 bits per heavy atom. The topological polar surface area (TPSA) is 243 Å². The fraction of sp³-hybridized carbons (Fsp3) is 1.00. The maximum absolute atomic E-state index is 9.25. The largest absolute Gasteiger partial charge is 1.00 e. The highest BCUT2D eigenvalue weighted by molar-refractivity contribution is 7.76. The number of rotatable bonds is 80.